The number of nitrogens with zero attached hydrogens (tertiary/aromatic N) is 2. The maximum Gasteiger partial charge on any atom is 0.137 e. The minimum absolute atomic E-state index is 0.874. The fraction of sp³-hybridized carbons (Fsp3) is 0. The van der Waals surface area contributed by atoms with E-state index in [-0.39, 0.29) is 0 Å². The molecule has 50 heavy (non-hydrogen) atoms. The number of rotatable bonds is 5. The fourth-order valence-electron chi connectivity index (χ4n) is 7.43. The molecule has 0 aliphatic carbocycles. The van der Waals surface area contributed by atoms with Crippen LogP contribution in [-0.4, -0.2) is 9.55 Å². The highest BCUT2D eigenvalue weighted by atomic mass is 16.3. The van der Waals surface area contributed by atoms with Crippen molar-refractivity contribution in [3.8, 4) is 50.3 Å². The van der Waals surface area contributed by atoms with Crippen molar-refractivity contribution in [2.45, 2.75) is 0 Å². The molecule has 0 fully saturated rings. The van der Waals surface area contributed by atoms with Crippen LogP contribution in [0.1, 0.15) is 0 Å². The average molecular weight is 639 g/mol. The van der Waals surface area contributed by atoms with Crippen LogP contribution in [0.5, 0.6) is 0 Å². The van der Waals surface area contributed by atoms with E-state index in [1.165, 1.54) is 21.9 Å². The molecule has 3 heterocycles. The molecule has 0 N–H and O–H groups in total. The Kier molecular flexibility index (Phi) is 6.49. The molecule has 0 unspecified atom stereocenters. The second kappa shape index (κ2) is 11.5. The Hall–Kier alpha value is -6.71. The van der Waals surface area contributed by atoms with E-state index in [2.05, 4.69) is 162 Å². The summed E-state index contributed by atoms with van der Waals surface area (Å²) in [6, 6.07) is 62.3. The van der Waals surface area contributed by atoms with E-state index in [0.29, 0.717) is 0 Å². The first-order valence-corrected chi connectivity index (χ1v) is 17.0. The Balaban J connectivity index is 1.23. The summed E-state index contributed by atoms with van der Waals surface area (Å²) in [6.07, 6.45) is 2.00. The lowest BCUT2D eigenvalue weighted by Crippen LogP contribution is -1.95. The molecule has 0 spiro atoms. The van der Waals surface area contributed by atoms with Gasteiger partial charge in [-0.05, 0) is 58.7 Å². The summed E-state index contributed by atoms with van der Waals surface area (Å²) in [6.45, 7) is 0. The largest absolute Gasteiger partial charge is 0.456 e. The molecule has 7 aromatic carbocycles. The fourth-order valence-corrected chi connectivity index (χ4v) is 7.43. The van der Waals surface area contributed by atoms with Crippen molar-refractivity contribution in [3.05, 3.63) is 182 Å². The zero-order valence-electron chi connectivity index (χ0n) is 27.1. The molecule has 3 aromatic heterocycles. The molecule has 0 atom stereocenters. The van der Waals surface area contributed by atoms with E-state index in [0.717, 1.165) is 72.2 Å². The van der Waals surface area contributed by atoms with Gasteiger partial charge in [0.15, 0.2) is 0 Å². The zero-order chi connectivity index (χ0) is 33.0. The molecule has 3 nitrogen and oxygen atoms in total. The average Bonchev–Trinajstić information content (AvgIpc) is 3.73. The SMILES string of the molecule is c1ccc(-c2cnc(-c3ccc4c5ccc(-c6ccccc6)cc5n(-c5ccc6c(c5)oc5ccccc56)c4c3)c(-c3ccccc3)c2)cc1. The minimum atomic E-state index is 0.874. The van der Waals surface area contributed by atoms with Crippen LogP contribution in [0.15, 0.2) is 187 Å². The third kappa shape index (κ3) is 4.63. The summed E-state index contributed by atoms with van der Waals surface area (Å²) >= 11 is 0. The normalized spacial score (nSPS) is 11.6. The van der Waals surface area contributed by atoms with Gasteiger partial charge in [0, 0.05) is 56.2 Å². The molecule has 234 valence electrons. The van der Waals surface area contributed by atoms with Gasteiger partial charge >= 0.3 is 0 Å². The highest BCUT2D eigenvalue weighted by Crippen LogP contribution is 2.40. The van der Waals surface area contributed by atoms with E-state index in [9.17, 15) is 0 Å². The molecule has 10 aromatic rings. The van der Waals surface area contributed by atoms with E-state index in [1.54, 1.807) is 0 Å². The van der Waals surface area contributed by atoms with Crippen molar-refractivity contribution in [1.29, 1.82) is 0 Å². The predicted molar refractivity (Wildman–Crippen MR) is 208 cm³/mol. The van der Waals surface area contributed by atoms with Crippen LogP contribution in [0.4, 0.5) is 0 Å². The van der Waals surface area contributed by atoms with E-state index < -0.39 is 0 Å². The van der Waals surface area contributed by atoms with E-state index in [1.807, 2.05) is 24.4 Å². The van der Waals surface area contributed by atoms with Crippen molar-refractivity contribution in [1.82, 2.24) is 9.55 Å². The van der Waals surface area contributed by atoms with Crippen LogP contribution in [-0.2, 0) is 0 Å². The first-order chi connectivity index (χ1) is 24.8. The third-order valence-corrected chi connectivity index (χ3v) is 9.85. The summed E-state index contributed by atoms with van der Waals surface area (Å²) in [7, 11) is 0. The van der Waals surface area contributed by atoms with Gasteiger partial charge in [0.25, 0.3) is 0 Å². The summed E-state index contributed by atoms with van der Waals surface area (Å²) in [5.41, 5.74) is 13.9. The van der Waals surface area contributed by atoms with Crippen LogP contribution < -0.4 is 0 Å². The molecule has 0 aliphatic heterocycles. The molecule has 0 saturated heterocycles. The Morgan fingerprint density at radius 2 is 0.940 bits per heavy atom. The van der Waals surface area contributed by atoms with Gasteiger partial charge in [-0.2, -0.15) is 0 Å². The number of fused-ring (bicyclic) bond motifs is 6. The lowest BCUT2D eigenvalue weighted by atomic mass is 9.95. The molecule has 0 bridgehead atoms. The van der Waals surface area contributed by atoms with Crippen LogP contribution >= 0.6 is 0 Å². The van der Waals surface area contributed by atoms with Crippen LogP contribution in [0.2, 0.25) is 0 Å². The van der Waals surface area contributed by atoms with Gasteiger partial charge in [-0.25, -0.2) is 0 Å². The molecular weight excluding hydrogens is 609 g/mol. The number of hydrogen-bond donors (Lipinski definition) is 0. The summed E-state index contributed by atoms with van der Waals surface area (Å²) < 4.78 is 8.77. The number of pyridine rings is 1. The predicted octanol–water partition coefficient (Wildman–Crippen LogP) is 12.7. The standard InChI is InChI=1S/C47H30N2O/c1-4-12-31(13-5-1)34-20-23-38-39-24-21-35(47-42(33-16-8-3-9-17-33)26-36(30-48-47)32-14-6-2-7-15-32)28-44(39)49(43(38)27-34)37-22-25-41-40-18-10-11-19-45(40)50-46(41)29-37/h1-30H. The minimum Gasteiger partial charge on any atom is -0.456 e. The van der Waals surface area contributed by atoms with Gasteiger partial charge in [-0.1, -0.05) is 133 Å². The first kappa shape index (κ1) is 28.3. The number of hydrogen-bond acceptors (Lipinski definition) is 2. The van der Waals surface area contributed by atoms with Crippen molar-refractivity contribution < 1.29 is 4.42 Å². The number of furan rings is 1. The second-order valence-corrected chi connectivity index (χ2v) is 12.8. The second-order valence-electron chi connectivity index (χ2n) is 12.8. The maximum absolute atomic E-state index is 6.39. The van der Waals surface area contributed by atoms with Gasteiger partial charge in [0.2, 0.25) is 0 Å². The highest BCUT2D eigenvalue weighted by molar-refractivity contribution is 6.12. The number of para-hydroxylation sites is 1. The lowest BCUT2D eigenvalue weighted by molar-refractivity contribution is 0.668. The Bertz CT molecular complexity index is 2850. The number of benzene rings is 7. The maximum atomic E-state index is 6.39. The lowest BCUT2D eigenvalue weighted by Gasteiger charge is -2.13. The third-order valence-electron chi connectivity index (χ3n) is 9.85. The Labute approximate surface area is 289 Å². The van der Waals surface area contributed by atoms with Gasteiger partial charge in [-0.15, -0.1) is 0 Å². The van der Waals surface area contributed by atoms with Crippen molar-refractivity contribution in [2.75, 3.05) is 0 Å². The molecule has 3 heteroatoms. The number of aromatic nitrogens is 2. The summed E-state index contributed by atoms with van der Waals surface area (Å²) in [5, 5.41) is 4.64. The molecule has 0 saturated carbocycles. The molecule has 0 amide bonds. The van der Waals surface area contributed by atoms with Gasteiger partial charge in [-0.3, -0.25) is 4.98 Å². The van der Waals surface area contributed by atoms with Crippen LogP contribution in [0.25, 0.3) is 94.1 Å². The van der Waals surface area contributed by atoms with Crippen molar-refractivity contribution in [3.63, 3.8) is 0 Å². The van der Waals surface area contributed by atoms with Crippen LogP contribution in [0, 0.1) is 0 Å². The Morgan fingerprint density at radius 3 is 1.66 bits per heavy atom. The quantitative estimate of drug-likeness (QED) is 0.188. The zero-order valence-corrected chi connectivity index (χ0v) is 27.1. The molecule has 10 rings (SSSR count). The molecule has 0 radical (unpaired) electrons. The van der Waals surface area contributed by atoms with E-state index >= 15 is 0 Å². The monoisotopic (exact) mass is 638 g/mol. The van der Waals surface area contributed by atoms with Crippen molar-refractivity contribution >= 4 is 43.7 Å². The van der Waals surface area contributed by atoms with Gasteiger partial charge < -0.3 is 8.98 Å². The van der Waals surface area contributed by atoms with Crippen molar-refractivity contribution in [2.24, 2.45) is 0 Å². The Morgan fingerprint density at radius 1 is 0.380 bits per heavy atom. The topological polar surface area (TPSA) is 31.0 Å². The van der Waals surface area contributed by atoms with E-state index in [4.69, 9.17) is 9.40 Å². The highest BCUT2D eigenvalue weighted by Gasteiger charge is 2.18. The summed E-state index contributed by atoms with van der Waals surface area (Å²) in [4.78, 5) is 5.16. The smallest absolute Gasteiger partial charge is 0.137 e. The van der Waals surface area contributed by atoms with Gasteiger partial charge in [0.1, 0.15) is 11.2 Å². The summed E-state index contributed by atoms with van der Waals surface area (Å²) in [5.74, 6) is 0. The first-order valence-electron chi connectivity index (χ1n) is 17.0. The van der Waals surface area contributed by atoms with Gasteiger partial charge in [0.05, 0.1) is 16.7 Å². The molecular formula is C47H30N2O. The molecule has 0 aliphatic rings. The van der Waals surface area contributed by atoms with Crippen LogP contribution in [0.3, 0.4) is 0 Å².